The van der Waals surface area contributed by atoms with E-state index in [0.717, 1.165) is 25.9 Å². The van der Waals surface area contributed by atoms with Crippen LogP contribution < -0.4 is 5.32 Å². The summed E-state index contributed by atoms with van der Waals surface area (Å²) in [6.45, 7) is 7.71. The highest BCUT2D eigenvalue weighted by Gasteiger charge is 2.20. The Hall–Kier alpha value is -0.130. The largest absolute Gasteiger partial charge is 0.313 e. The van der Waals surface area contributed by atoms with Crippen LogP contribution in [0.3, 0.4) is 0 Å². The van der Waals surface area contributed by atoms with Crippen LogP contribution in [0, 0.1) is 0 Å². The van der Waals surface area contributed by atoms with E-state index in [0.29, 0.717) is 30.6 Å². The monoisotopic (exact) mass is 248 g/mol. The van der Waals surface area contributed by atoms with Gasteiger partial charge in [-0.1, -0.05) is 13.8 Å². The van der Waals surface area contributed by atoms with Crippen LogP contribution in [0.2, 0.25) is 0 Å². The Kier molecular flexibility index (Phi) is 5.72. The molecule has 0 aromatic heterocycles. The number of sulfone groups is 1. The molecule has 0 aliphatic carbocycles. The summed E-state index contributed by atoms with van der Waals surface area (Å²) < 4.78 is 22.5. The summed E-state index contributed by atoms with van der Waals surface area (Å²) in [6, 6.07) is 0.605. The molecule has 1 aliphatic rings. The van der Waals surface area contributed by atoms with Gasteiger partial charge in [-0.05, 0) is 12.8 Å². The van der Waals surface area contributed by atoms with Gasteiger partial charge in [0.15, 0.2) is 9.84 Å². The molecule has 96 valence electrons. The number of nitrogens with one attached hydrogen (secondary N) is 1. The first-order valence-electron chi connectivity index (χ1n) is 6.23. The maximum absolute atomic E-state index is 11.2. The molecule has 0 bridgehead atoms. The van der Waals surface area contributed by atoms with Crippen molar-refractivity contribution in [3.63, 3.8) is 0 Å². The molecule has 5 heteroatoms. The molecule has 1 fully saturated rings. The molecule has 1 saturated heterocycles. The van der Waals surface area contributed by atoms with Crippen molar-refractivity contribution >= 4 is 9.84 Å². The van der Waals surface area contributed by atoms with Gasteiger partial charge < -0.3 is 10.2 Å². The fourth-order valence-electron chi connectivity index (χ4n) is 1.98. The summed E-state index contributed by atoms with van der Waals surface area (Å²) in [5.74, 6) is 0.663. The Morgan fingerprint density at radius 2 is 1.75 bits per heavy atom. The normalized spacial score (nSPS) is 21.4. The van der Waals surface area contributed by atoms with E-state index < -0.39 is 9.84 Å². The molecular weight excluding hydrogens is 224 g/mol. The average Bonchev–Trinajstić information content (AvgIpc) is 2.26. The molecule has 0 aromatic carbocycles. The van der Waals surface area contributed by atoms with Crippen molar-refractivity contribution in [3.05, 3.63) is 0 Å². The summed E-state index contributed by atoms with van der Waals surface area (Å²) in [5.41, 5.74) is 0. The number of rotatable bonds is 6. The number of hydrogen-bond acceptors (Lipinski definition) is 4. The standard InChI is InChI=1S/C11H24N2O2S/c1-3-11(4-2)12-5-6-13-7-9-16(14,15)10-8-13/h11-12H,3-10H2,1-2H3. The Labute approximate surface area is 99.3 Å². The average molecular weight is 248 g/mol. The van der Waals surface area contributed by atoms with Gasteiger partial charge in [0.2, 0.25) is 0 Å². The van der Waals surface area contributed by atoms with Crippen LogP contribution in [-0.4, -0.2) is 57.0 Å². The van der Waals surface area contributed by atoms with Gasteiger partial charge in [-0.3, -0.25) is 0 Å². The van der Waals surface area contributed by atoms with Crippen LogP contribution >= 0.6 is 0 Å². The van der Waals surface area contributed by atoms with E-state index in [9.17, 15) is 8.42 Å². The zero-order valence-electron chi connectivity index (χ0n) is 10.4. The molecule has 0 aromatic rings. The SMILES string of the molecule is CCC(CC)NCCN1CCS(=O)(=O)CC1. The highest BCUT2D eigenvalue weighted by atomic mass is 32.2. The summed E-state index contributed by atoms with van der Waals surface area (Å²) in [4.78, 5) is 2.23. The number of nitrogens with zero attached hydrogens (tertiary/aromatic N) is 1. The molecule has 16 heavy (non-hydrogen) atoms. The maximum Gasteiger partial charge on any atom is 0.152 e. The molecule has 0 spiro atoms. The van der Waals surface area contributed by atoms with Crippen molar-refractivity contribution in [1.82, 2.24) is 10.2 Å². The predicted molar refractivity (Wildman–Crippen MR) is 67.5 cm³/mol. The second-order valence-corrected chi connectivity index (χ2v) is 6.76. The van der Waals surface area contributed by atoms with Crippen LogP contribution in [0.4, 0.5) is 0 Å². The van der Waals surface area contributed by atoms with E-state index in [4.69, 9.17) is 0 Å². The van der Waals surface area contributed by atoms with Crippen molar-refractivity contribution in [2.45, 2.75) is 32.7 Å². The lowest BCUT2D eigenvalue weighted by molar-refractivity contribution is 0.287. The van der Waals surface area contributed by atoms with Crippen molar-refractivity contribution in [1.29, 1.82) is 0 Å². The first-order chi connectivity index (χ1) is 7.57. The third kappa shape index (κ3) is 4.80. The van der Waals surface area contributed by atoms with Gasteiger partial charge >= 0.3 is 0 Å². The van der Waals surface area contributed by atoms with Crippen molar-refractivity contribution < 1.29 is 8.42 Å². The van der Waals surface area contributed by atoms with Crippen LogP contribution in [0.25, 0.3) is 0 Å². The maximum atomic E-state index is 11.2. The van der Waals surface area contributed by atoms with E-state index in [1.165, 1.54) is 0 Å². The summed E-state index contributed by atoms with van der Waals surface area (Å²) in [6.07, 6.45) is 2.32. The van der Waals surface area contributed by atoms with E-state index in [1.54, 1.807) is 0 Å². The van der Waals surface area contributed by atoms with Crippen LogP contribution in [-0.2, 0) is 9.84 Å². The molecule has 0 amide bonds. The van der Waals surface area contributed by atoms with Crippen molar-refractivity contribution in [2.75, 3.05) is 37.7 Å². The molecule has 4 nitrogen and oxygen atoms in total. The highest BCUT2D eigenvalue weighted by molar-refractivity contribution is 7.91. The Bertz CT molecular complexity index is 272. The third-order valence-electron chi connectivity index (χ3n) is 3.28. The third-order valence-corrected chi connectivity index (χ3v) is 4.89. The molecule has 0 radical (unpaired) electrons. The van der Waals surface area contributed by atoms with Gasteiger partial charge in [-0.25, -0.2) is 8.42 Å². The first-order valence-corrected chi connectivity index (χ1v) is 8.05. The van der Waals surface area contributed by atoms with Gasteiger partial charge in [0, 0.05) is 32.2 Å². The highest BCUT2D eigenvalue weighted by Crippen LogP contribution is 2.03. The van der Waals surface area contributed by atoms with E-state index in [-0.39, 0.29) is 0 Å². The van der Waals surface area contributed by atoms with E-state index >= 15 is 0 Å². The van der Waals surface area contributed by atoms with Crippen LogP contribution in [0.15, 0.2) is 0 Å². The molecule has 1 rings (SSSR count). The molecule has 0 unspecified atom stereocenters. The molecule has 0 saturated carbocycles. The zero-order chi connectivity index (χ0) is 12.0. The van der Waals surface area contributed by atoms with Gasteiger partial charge in [-0.2, -0.15) is 0 Å². The first kappa shape index (κ1) is 13.9. The summed E-state index contributed by atoms with van der Waals surface area (Å²) >= 11 is 0. The number of hydrogen-bond donors (Lipinski definition) is 1. The molecule has 1 N–H and O–H groups in total. The Morgan fingerprint density at radius 1 is 1.19 bits per heavy atom. The smallest absolute Gasteiger partial charge is 0.152 e. The predicted octanol–water partition coefficient (Wildman–Crippen LogP) is 0.495. The van der Waals surface area contributed by atoms with E-state index in [1.807, 2.05) is 0 Å². The minimum absolute atomic E-state index is 0.331. The molecule has 1 aliphatic heterocycles. The van der Waals surface area contributed by atoms with E-state index in [2.05, 4.69) is 24.1 Å². The summed E-state index contributed by atoms with van der Waals surface area (Å²) in [7, 11) is -2.73. The van der Waals surface area contributed by atoms with Crippen molar-refractivity contribution in [3.8, 4) is 0 Å². The second kappa shape index (κ2) is 6.57. The van der Waals surface area contributed by atoms with Gasteiger partial charge in [-0.15, -0.1) is 0 Å². The fraction of sp³-hybridized carbons (Fsp3) is 1.00. The molecule has 1 heterocycles. The molecular formula is C11H24N2O2S. The summed E-state index contributed by atoms with van der Waals surface area (Å²) in [5, 5.41) is 3.50. The molecule has 0 atom stereocenters. The topological polar surface area (TPSA) is 49.4 Å². The van der Waals surface area contributed by atoms with Crippen LogP contribution in [0.1, 0.15) is 26.7 Å². The lowest BCUT2D eigenvalue weighted by Crippen LogP contribution is -2.44. The minimum Gasteiger partial charge on any atom is -0.313 e. The Balaban J connectivity index is 2.15. The lowest BCUT2D eigenvalue weighted by Gasteiger charge is -2.27. The second-order valence-electron chi connectivity index (χ2n) is 4.46. The zero-order valence-corrected chi connectivity index (χ0v) is 11.2. The van der Waals surface area contributed by atoms with Gasteiger partial charge in [0.25, 0.3) is 0 Å². The van der Waals surface area contributed by atoms with Crippen LogP contribution in [0.5, 0.6) is 0 Å². The fourth-order valence-corrected chi connectivity index (χ4v) is 3.25. The van der Waals surface area contributed by atoms with Gasteiger partial charge in [0.1, 0.15) is 0 Å². The Morgan fingerprint density at radius 3 is 2.25 bits per heavy atom. The quantitative estimate of drug-likeness (QED) is 0.743. The van der Waals surface area contributed by atoms with Gasteiger partial charge in [0.05, 0.1) is 11.5 Å². The lowest BCUT2D eigenvalue weighted by atomic mass is 10.2. The minimum atomic E-state index is -2.73. The van der Waals surface area contributed by atoms with Crippen molar-refractivity contribution in [2.24, 2.45) is 0 Å².